The van der Waals surface area contributed by atoms with Gasteiger partial charge in [0, 0.05) is 19.6 Å². The molecule has 178 valence electrons. The third-order valence-electron chi connectivity index (χ3n) is 6.22. The summed E-state index contributed by atoms with van der Waals surface area (Å²) in [5.41, 5.74) is -0.120. The van der Waals surface area contributed by atoms with Gasteiger partial charge in [0.15, 0.2) is 0 Å². The molecule has 7 heteroatoms. The van der Waals surface area contributed by atoms with Crippen molar-refractivity contribution in [2.75, 3.05) is 51.3 Å². The lowest BCUT2D eigenvalue weighted by Gasteiger charge is -2.37. The number of hydrogen-bond donors (Lipinski definition) is 0. The van der Waals surface area contributed by atoms with E-state index in [4.69, 9.17) is 9.47 Å². The fraction of sp³-hybridized carbons (Fsp3) is 0.680. The molecule has 3 rings (SSSR count). The number of piperidine rings is 2. The number of amides is 2. The monoisotopic (exact) mass is 445 g/mol. The van der Waals surface area contributed by atoms with Gasteiger partial charge < -0.3 is 19.3 Å². The lowest BCUT2D eigenvalue weighted by Crippen LogP contribution is -2.48. The van der Waals surface area contributed by atoms with E-state index in [0.29, 0.717) is 17.4 Å². The van der Waals surface area contributed by atoms with E-state index in [1.54, 1.807) is 19.2 Å². The van der Waals surface area contributed by atoms with Gasteiger partial charge in [-0.2, -0.15) is 0 Å². The second-order valence-corrected chi connectivity index (χ2v) is 9.92. The summed E-state index contributed by atoms with van der Waals surface area (Å²) in [5, 5.41) is 0. The molecule has 1 aromatic carbocycles. The first-order chi connectivity index (χ1) is 15.3. The Kier molecular flexibility index (Phi) is 8.40. The van der Waals surface area contributed by atoms with Crippen molar-refractivity contribution >= 4 is 17.7 Å². The smallest absolute Gasteiger partial charge is 0.415 e. The summed E-state index contributed by atoms with van der Waals surface area (Å²) < 4.78 is 11.0. The topological polar surface area (TPSA) is 62.3 Å². The molecule has 0 radical (unpaired) electrons. The molecular weight excluding hydrogens is 406 g/mol. The Labute approximate surface area is 192 Å². The van der Waals surface area contributed by atoms with E-state index in [0.717, 1.165) is 32.5 Å². The van der Waals surface area contributed by atoms with Crippen LogP contribution in [-0.2, 0) is 9.53 Å². The highest BCUT2D eigenvalue weighted by atomic mass is 16.6. The van der Waals surface area contributed by atoms with Crippen molar-refractivity contribution in [2.24, 2.45) is 5.92 Å². The van der Waals surface area contributed by atoms with Gasteiger partial charge in [0.05, 0.1) is 12.8 Å². The number of hydrogen-bond acceptors (Lipinski definition) is 5. The number of carbonyl (C=O) groups excluding carboxylic acids is 2. The highest BCUT2D eigenvalue weighted by Crippen LogP contribution is 2.29. The summed E-state index contributed by atoms with van der Waals surface area (Å²) >= 11 is 0. The average molecular weight is 446 g/mol. The zero-order valence-electron chi connectivity index (χ0n) is 20.1. The number of ether oxygens (including phenoxy) is 2. The van der Waals surface area contributed by atoms with Gasteiger partial charge in [-0.3, -0.25) is 9.69 Å². The van der Waals surface area contributed by atoms with E-state index in [2.05, 4.69) is 4.90 Å². The summed E-state index contributed by atoms with van der Waals surface area (Å²) in [6.07, 6.45) is 5.45. The Morgan fingerprint density at radius 3 is 2.31 bits per heavy atom. The first-order valence-electron chi connectivity index (χ1n) is 11.9. The molecule has 0 saturated carbocycles. The average Bonchev–Trinajstić information content (AvgIpc) is 2.77. The fourth-order valence-corrected chi connectivity index (χ4v) is 4.53. The van der Waals surface area contributed by atoms with Crippen LogP contribution in [0.1, 0.15) is 52.9 Å². The standard InChI is InChI=1S/C25H39N3O4/c1-25(2,3)32-24(30)28(21-10-6-7-11-22(21)31-4)19-23(29)27-16-12-20(13-17-27)18-26-14-8-5-9-15-26/h6-7,10-11,20H,5,8-9,12-19H2,1-4H3. The number of para-hydroxylation sites is 2. The van der Waals surface area contributed by atoms with E-state index in [-0.39, 0.29) is 12.5 Å². The summed E-state index contributed by atoms with van der Waals surface area (Å²) in [6, 6.07) is 7.22. The first-order valence-corrected chi connectivity index (χ1v) is 11.9. The molecule has 0 spiro atoms. The SMILES string of the molecule is COc1ccccc1N(CC(=O)N1CCC(CN2CCCCC2)CC1)C(=O)OC(C)(C)C. The quantitative estimate of drug-likeness (QED) is 0.658. The second kappa shape index (κ2) is 11.0. The third-order valence-corrected chi connectivity index (χ3v) is 6.22. The van der Waals surface area contributed by atoms with E-state index < -0.39 is 11.7 Å². The fourth-order valence-electron chi connectivity index (χ4n) is 4.53. The normalized spacial score (nSPS) is 18.3. The Hall–Kier alpha value is -2.28. The van der Waals surface area contributed by atoms with Gasteiger partial charge >= 0.3 is 6.09 Å². The second-order valence-electron chi connectivity index (χ2n) is 9.92. The summed E-state index contributed by atoms with van der Waals surface area (Å²) in [5.74, 6) is 1.12. The molecule has 2 aliphatic rings. The van der Waals surface area contributed by atoms with E-state index in [9.17, 15) is 9.59 Å². The highest BCUT2D eigenvalue weighted by Gasteiger charge is 2.31. The predicted octanol–water partition coefficient (Wildman–Crippen LogP) is 4.16. The predicted molar refractivity (Wildman–Crippen MR) is 126 cm³/mol. The number of anilines is 1. The molecule has 0 N–H and O–H groups in total. The zero-order valence-corrected chi connectivity index (χ0v) is 20.1. The van der Waals surface area contributed by atoms with Gasteiger partial charge in [0.1, 0.15) is 17.9 Å². The minimum absolute atomic E-state index is 0.0572. The molecule has 0 atom stereocenters. The van der Waals surface area contributed by atoms with Gasteiger partial charge in [0.25, 0.3) is 0 Å². The van der Waals surface area contributed by atoms with E-state index in [1.165, 1.54) is 37.3 Å². The largest absolute Gasteiger partial charge is 0.495 e. The van der Waals surface area contributed by atoms with Gasteiger partial charge in [-0.05, 0) is 77.6 Å². The summed E-state index contributed by atoms with van der Waals surface area (Å²) in [6.45, 7) is 10.4. The Bertz CT molecular complexity index is 763. The van der Waals surface area contributed by atoms with E-state index in [1.807, 2.05) is 37.8 Å². The van der Waals surface area contributed by atoms with Crippen molar-refractivity contribution in [3.05, 3.63) is 24.3 Å². The molecular formula is C25H39N3O4. The summed E-state index contributed by atoms with van der Waals surface area (Å²) in [7, 11) is 1.56. The molecule has 7 nitrogen and oxygen atoms in total. The molecule has 32 heavy (non-hydrogen) atoms. The first kappa shape index (κ1) is 24.4. The third kappa shape index (κ3) is 6.86. The maximum absolute atomic E-state index is 13.2. The molecule has 2 saturated heterocycles. The van der Waals surface area contributed by atoms with Gasteiger partial charge in [0.2, 0.25) is 5.91 Å². The van der Waals surface area contributed by atoms with Gasteiger partial charge in [-0.1, -0.05) is 18.6 Å². The number of carbonyl (C=O) groups is 2. The van der Waals surface area contributed by atoms with Crippen LogP contribution in [0.5, 0.6) is 5.75 Å². The number of rotatable bonds is 6. The molecule has 0 bridgehead atoms. The molecule has 2 aliphatic heterocycles. The lowest BCUT2D eigenvalue weighted by molar-refractivity contribution is -0.131. The van der Waals surface area contributed by atoms with Crippen molar-refractivity contribution in [1.82, 2.24) is 9.80 Å². The maximum Gasteiger partial charge on any atom is 0.415 e. The molecule has 0 aromatic heterocycles. The van der Waals surface area contributed by atoms with Gasteiger partial charge in [-0.25, -0.2) is 4.79 Å². The number of methoxy groups -OCH3 is 1. The van der Waals surface area contributed by atoms with Crippen molar-refractivity contribution in [3.8, 4) is 5.75 Å². The lowest BCUT2D eigenvalue weighted by atomic mass is 9.95. The molecule has 1 aromatic rings. The van der Waals surface area contributed by atoms with Crippen LogP contribution in [0.25, 0.3) is 0 Å². The van der Waals surface area contributed by atoms with Crippen LogP contribution >= 0.6 is 0 Å². The minimum atomic E-state index is -0.660. The molecule has 0 unspecified atom stereocenters. The van der Waals surface area contributed by atoms with Crippen LogP contribution in [-0.4, -0.2) is 73.8 Å². The Morgan fingerprint density at radius 2 is 1.69 bits per heavy atom. The zero-order chi connectivity index (χ0) is 23.1. The molecule has 0 aliphatic carbocycles. The van der Waals surface area contributed by atoms with Crippen molar-refractivity contribution in [3.63, 3.8) is 0 Å². The van der Waals surface area contributed by atoms with Crippen LogP contribution in [0, 0.1) is 5.92 Å². The van der Waals surface area contributed by atoms with Crippen molar-refractivity contribution in [1.29, 1.82) is 0 Å². The van der Waals surface area contributed by atoms with Crippen molar-refractivity contribution in [2.45, 2.75) is 58.5 Å². The molecule has 2 amide bonds. The number of nitrogens with zero attached hydrogens (tertiary/aromatic N) is 3. The van der Waals surface area contributed by atoms with Gasteiger partial charge in [-0.15, -0.1) is 0 Å². The van der Waals surface area contributed by atoms with Crippen LogP contribution in [0.15, 0.2) is 24.3 Å². The number of likely N-dealkylation sites (tertiary alicyclic amines) is 2. The van der Waals surface area contributed by atoms with E-state index >= 15 is 0 Å². The Morgan fingerprint density at radius 1 is 1.03 bits per heavy atom. The van der Waals surface area contributed by atoms with Crippen LogP contribution in [0.3, 0.4) is 0 Å². The molecule has 2 heterocycles. The van der Waals surface area contributed by atoms with Crippen molar-refractivity contribution < 1.29 is 19.1 Å². The van der Waals surface area contributed by atoms with Crippen LogP contribution < -0.4 is 9.64 Å². The number of benzene rings is 1. The molecule has 2 fully saturated rings. The maximum atomic E-state index is 13.2. The summed E-state index contributed by atoms with van der Waals surface area (Å²) in [4.78, 5) is 32.0. The van der Waals surface area contributed by atoms with Crippen LogP contribution in [0.4, 0.5) is 10.5 Å². The Balaban J connectivity index is 1.63. The highest BCUT2D eigenvalue weighted by molar-refractivity contribution is 5.96. The van der Waals surface area contributed by atoms with Crippen LogP contribution in [0.2, 0.25) is 0 Å². The minimum Gasteiger partial charge on any atom is -0.495 e.